The summed E-state index contributed by atoms with van der Waals surface area (Å²) in [6.07, 6.45) is 0. The van der Waals surface area contributed by atoms with Crippen LogP contribution in [0.5, 0.6) is 0 Å². The second kappa shape index (κ2) is 4.91. The molecule has 0 saturated heterocycles. The van der Waals surface area contributed by atoms with Crippen molar-refractivity contribution in [2.75, 3.05) is 0 Å². The van der Waals surface area contributed by atoms with E-state index in [0.29, 0.717) is 0 Å². The minimum absolute atomic E-state index is 0.240. The summed E-state index contributed by atoms with van der Waals surface area (Å²) in [5, 5.41) is 6.22. The first kappa shape index (κ1) is 12.6. The Kier molecular flexibility index (Phi) is 3.25. The van der Waals surface area contributed by atoms with Crippen molar-refractivity contribution in [2.24, 2.45) is 5.10 Å². The maximum atomic E-state index is 5.93. The lowest BCUT2D eigenvalue weighted by molar-refractivity contribution is 0.563. The van der Waals surface area contributed by atoms with Crippen LogP contribution in [0.1, 0.15) is 18.1 Å². The number of hydrogen-bond donors (Lipinski definition) is 1. The van der Waals surface area contributed by atoms with E-state index in [1.807, 2.05) is 42.5 Å². The Bertz CT molecular complexity index is 610. The Morgan fingerprint density at radius 3 is 2.42 bits per heavy atom. The maximum absolute atomic E-state index is 5.93. The molecule has 1 unspecified atom stereocenters. The van der Waals surface area contributed by atoms with Gasteiger partial charge in [-0.3, -0.25) is 5.43 Å². The second-order valence-corrected chi connectivity index (χ2v) is 6.38. The lowest BCUT2D eigenvalue weighted by Gasteiger charge is -2.23. The summed E-state index contributed by atoms with van der Waals surface area (Å²) in [4.78, 5) is -0.240. The molecule has 0 radical (unpaired) electrons. The van der Waals surface area contributed by atoms with E-state index in [-0.39, 0.29) is 4.87 Å². The summed E-state index contributed by atoms with van der Waals surface area (Å²) in [6.45, 7) is 2.13. The van der Waals surface area contributed by atoms with E-state index in [4.69, 9.17) is 11.6 Å². The number of rotatable bonds is 2. The van der Waals surface area contributed by atoms with Gasteiger partial charge in [-0.25, -0.2) is 0 Å². The first-order valence-corrected chi connectivity index (χ1v) is 7.22. The molecule has 0 aromatic heterocycles. The molecule has 0 bridgehead atoms. The van der Waals surface area contributed by atoms with Gasteiger partial charge in [0.15, 0.2) is 0 Å². The fourth-order valence-electron chi connectivity index (χ4n) is 1.99. The molecular formula is C15H13ClN2S. The van der Waals surface area contributed by atoms with E-state index >= 15 is 0 Å². The minimum Gasteiger partial charge on any atom is -0.288 e. The minimum atomic E-state index is -0.240. The largest absolute Gasteiger partial charge is 0.288 e. The van der Waals surface area contributed by atoms with E-state index in [9.17, 15) is 0 Å². The van der Waals surface area contributed by atoms with Gasteiger partial charge >= 0.3 is 0 Å². The molecule has 1 atom stereocenters. The third-order valence-corrected chi connectivity index (χ3v) is 4.59. The van der Waals surface area contributed by atoms with Crippen molar-refractivity contribution in [1.82, 2.24) is 5.43 Å². The average Bonchev–Trinajstić information content (AvgIpc) is 2.84. The first-order chi connectivity index (χ1) is 9.17. The summed E-state index contributed by atoms with van der Waals surface area (Å²) in [5.74, 6) is 0. The summed E-state index contributed by atoms with van der Waals surface area (Å²) in [6, 6.07) is 18.1. The Hall–Kier alpha value is -1.45. The highest BCUT2D eigenvalue weighted by molar-refractivity contribution is 8.15. The zero-order chi connectivity index (χ0) is 13.3. The molecule has 4 heteroatoms. The SMILES string of the molecule is CC1(c2ccc(Cl)cc2)NN=C(c2ccccc2)S1. The second-order valence-electron chi connectivity index (χ2n) is 4.54. The van der Waals surface area contributed by atoms with Crippen LogP contribution in [0, 0.1) is 0 Å². The van der Waals surface area contributed by atoms with E-state index < -0.39 is 0 Å². The highest BCUT2D eigenvalue weighted by Gasteiger charge is 2.34. The Balaban J connectivity index is 1.85. The molecular weight excluding hydrogens is 276 g/mol. The molecule has 1 heterocycles. The van der Waals surface area contributed by atoms with Crippen LogP contribution in [0.3, 0.4) is 0 Å². The zero-order valence-corrected chi connectivity index (χ0v) is 12.0. The predicted molar refractivity (Wildman–Crippen MR) is 82.5 cm³/mol. The van der Waals surface area contributed by atoms with Crippen LogP contribution in [0.15, 0.2) is 59.7 Å². The molecule has 1 aliphatic heterocycles. The van der Waals surface area contributed by atoms with Gasteiger partial charge in [-0.2, -0.15) is 5.10 Å². The van der Waals surface area contributed by atoms with Gasteiger partial charge in [-0.1, -0.05) is 65.8 Å². The maximum Gasteiger partial charge on any atom is 0.128 e. The van der Waals surface area contributed by atoms with Crippen molar-refractivity contribution >= 4 is 28.4 Å². The zero-order valence-electron chi connectivity index (χ0n) is 10.4. The number of halogens is 1. The third kappa shape index (κ3) is 2.48. The van der Waals surface area contributed by atoms with Crippen LogP contribution in [0.25, 0.3) is 0 Å². The van der Waals surface area contributed by atoms with Crippen LogP contribution in [-0.4, -0.2) is 5.04 Å². The molecule has 2 nitrogen and oxygen atoms in total. The van der Waals surface area contributed by atoms with Crippen molar-refractivity contribution in [3.63, 3.8) is 0 Å². The Labute approximate surface area is 121 Å². The van der Waals surface area contributed by atoms with Gasteiger partial charge in [0.25, 0.3) is 0 Å². The van der Waals surface area contributed by atoms with Gasteiger partial charge < -0.3 is 0 Å². The number of hydrogen-bond acceptors (Lipinski definition) is 3. The standard InChI is InChI=1S/C15H13ClN2S/c1-15(12-7-9-13(16)10-8-12)18-17-14(19-15)11-5-3-2-4-6-11/h2-10,18H,1H3. The lowest BCUT2D eigenvalue weighted by Crippen LogP contribution is -2.28. The summed E-state index contributed by atoms with van der Waals surface area (Å²) in [7, 11) is 0. The molecule has 0 aliphatic carbocycles. The van der Waals surface area contributed by atoms with E-state index in [1.54, 1.807) is 11.8 Å². The number of hydrazone groups is 1. The molecule has 2 aromatic rings. The van der Waals surface area contributed by atoms with Crippen LogP contribution < -0.4 is 5.43 Å². The topological polar surface area (TPSA) is 24.4 Å². The number of benzene rings is 2. The lowest BCUT2D eigenvalue weighted by atomic mass is 10.1. The van der Waals surface area contributed by atoms with Crippen molar-refractivity contribution in [3.8, 4) is 0 Å². The highest BCUT2D eigenvalue weighted by Crippen LogP contribution is 2.40. The van der Waals surface area contributed by atoms with E-state index in [2.05, 4.69) is 29.6 Å². The molecule has 0 saturated carbocycles. The van der Waals surface area contributed by atoms with Crippen molar-refractivity contribution in [3.05, 3.63) is 70.7 Å². The van der Waals surface area contributed by atoms with Gasteiger partial charge in [-0.05, 0) is 24.6 Å². The fraction of sp³-hybridized carbons (Fsp3) is 0.133. The van der Waals surface area contributed by atoms with Gasteiger partial charge in [0.1, 0.15) is 9.91 Å². The normalized spacial score (nSPS) is 21.9. The molecule has 3 rings (SSSR count). The molecule has 0 fully saturated rings. The van der Waals surface area contributed by atoms with Crippen LogP contribution in [0.4, 0.5) is 0 Å². The fourth-order valence-corrected chi connectivity index (χ4v) is 3.20. The smallest absolute Gasteiger partial charge is 0.128 e. The molecule has 0 spiro atoms. The van der Waals surface area contributed by atoms with Gasteiger partial charge in [-0.15, -0.1) is 0 Å². The molecule has 2 aromatic carbocycles. The van der Waals surface area contributed by atoms with Crippen molar-refractivity contribution in [1.29, 1.82) is 0 Å². The van der Waals surface area contributed by atoms with Crippen LogP contribution in [-0.2, 0) is 4.87 Å². The summed E-state index contributed by atoms with van der Waals surface area (Å²) in [5.41, 5.74) is 5.53. The predicted octanol–water partition coefficient (Wildman–Crippen LogP) is 4.21. The Morgan fingerprint density at radius 2 is 1.74 bits per heavy atom. The Morgan fingerprint density at radius 1 is 1.05 bits per heavy atom. The monoisotopic (exact) mass is 288 g/mol. The van der Waals surface area contributed by atoms with Crippen LogP contribution >= 0.6 is 23.4 Å². The number of nitrogens with zero attached hydrogens (tertiary/aromatic N) is 1. The van der Waals surface area contributed by atoms with Crippen molar-refractivity contribution < 1.29 is 0 Å². The van der Waals surface area contributed by atoms with E-state index in [0.717, 1.165) is 21.2 Å². The molecule has 1 N–H and O–H groups in total. The molecule has 19 heavy (non-hydrogen) atoms. The van der Waals surface area contributed by atoms with E-state index in [1.165, 1.54) is 0 Å². The molecule has 0 amide bonds. The molecule has 1 aliphatic rings. The quantitative estimate of drug-likeness (QED) is 0.895. The van der Waals surface area contributed by atoms with Gasteiger partial charge in [0, 0.05) is 10.6 Å². The van der Waals surface area contributed by atoms with Gasteiger partial charge in [0.05, 0.1) is 0 Å². The number of nitrogens with one attached hydrogen (secondary N) is 1. The van der Waals surface area contributed by atoms with Gasteiger partial charge in [0.2, 0.25) is 0 Å². The van der Waals surface area contributed by atoms with Crippen molar-refractivity contribution in [2.45, 2.75) is 11.8 Å². The summed E-state index contributed by atoms with van der Waals surface area (Å²) >= 11 is 7.65. The average molecular weight is 289 g/mol. The van der Waals surface area contributed by atoms with Crippen LogP contribution in [0.2, 0.25) is 5.02 Å². The highest BCUT2D eigenvalue weighted by atomic mass is 35.5. The summed E-state index contributed by atoms with van der Waals surface area (Å²) < 4.78 is 0. The number of thioether (sulfide) groups is 1. The first-order valence-electron chi connectivity index (χ1n) is 6.03. The molecule has 96 valence electrons. The third-order valence-electron chi connectivity index (χ3n) is 3.09.